The highest BCUT2D eigenvalue weighted by atomic mass is 15.6. The molecule has 7 heteroatoms. The lowest BCUT2D eigenvalue weighted by molar-refractivity contribution is 0.255. The van der Waals surface area contributed by atoms with Gasteiger partial charge in [0.05, 0.1) is 17.4 Å². The molecule has 1 unspecified atom stereocenters. The van der Waals surface area contributed by atoms with Crippen LogP contribution in [0, 0.1) is 13.8 Å². The SMILES string of the molecule is Cc1cc(CN(C)C(c2ccccc2)c2nnnn2-c2ccccc2C)n[nH]1. The molecule has 0 radical (unpaired) electrons. The normalized spacial score (nSPS) is 12.4. The van der Waals surface area contributed by atoms with Gasteiger partial charge in [-0.1, -0.05) is 48.5 Å². The second kappa shape index (κ2) is 7.74. The van der Waals surface area contributed by atoms with Gasteiger partial charge in [0.1, 0.15) is 0 Å². The van der Waals surface area contributed by atoms with Crippen LogP contribution in [0.4, 0.5) is 0 Å². The van der Waals surface area contributed by atoms with Crippen LogP contribution in [0.1, 0.15) is 34.4 Å². The fraction of sp³-hybridized carbons (Fsp3) is 0.238. The molecule has 7 nitrogen and oxygen atoms in total. The van der Waals surface area contributed by atoms with Gasteiger partial charge in [-0.25, -0.2) is 0 Å². The van der Waals surface area contributed by atoms with E-state index in [9.17, 15) is 0 Å². The van der Waals surface area contributed by atoms with Gasteiger partial charge in [0, 0.05) is 12.2 Å². The fourth-order valence-electron chi connectivity index (χ4n) is 3.48. The summed E-state index contributed by atoms with van der Waals surface area (Å²) in [7, 11) is 2.07. The number of nitrogens with one attached hydrogen (secondary N) is 1. The molecule has 1 N–H and O–H groups in total. The Hall–Kier alpha value is -3.32. The maximum Gasteiger partial charge on any atom is 0.178 e. The van der Waals surface area contributed by atoms with Crippen LogP contribution < -0.4 is 0 Å². The van der Waals surface area contributed by atoms with E-state index in [0.29, 0.717) is 6.54 Å². The standard InChI is InChI=1S/C21H23N7/c1-15-9-7-8-12-19(15)28-21(24-25-26-28)20(17-10-5-4-6-11-17)27(3)14-18-13-16(2)22-23-18/h4-13,20H,14H2,1-3H3,(H,22,23). The van der Waals surface area contributed by atoms with E-state index in [2.05, 4.69) is 68.9 Å². The van der Waals surface area contributed by atoms with Crippen LogP contribution in [-0.4, -0.2) is 42.4 Å². The first kappa shape index (κ1) is 18.1. The van der Waals surface area contributed by atoms with Crippen LogP contribution in [0.25, 0.3) is 5.69 Å². The Labute approximate surface area is 164 Å². The second-order valence-electron chi connectivity index (χ2n) is 7.01. The molecular weight excluding hydrogens is 350 g/mol. The lowest BCUT2D eigenvalue weighted by atomic mass is 10.0. The van der Waals surface area contributed by atoms with Gasteiger partial charge in [0.25, 0.3) is 0 Å². The summed E-state index contributed by atoms with van der Waals surface area (Å²) in [6, 6.07) is 20.4. The predicted octanol–water partition coefficient (Wildman–Crippen LogP) is 3.22. The zero-order chi connectivity index (χ0) is 19.5. The van der Waals surface area contributed by atoms with Crippen LogP contribution >= 0.6 is 0 Å². The third-order valence-electron chi connectivity index (χ3n) is 4.81. The van der Waals surface area contributed by atoms with Crippen molar-refractivity contribution in [2.45, 2.75) is 26.4 Å². The summed E-state index contributed by atoms with van der Waals surface area (Å²) in [6.07, 6.45) is 0. The van der Waals surface area contributed by atoms with Gasteiger partial charge in [-0.15, -0.1) is 5.10 Å². The van der Waals surface area contributed by atoms with E-state index in [1.807, 2.05) is 48.0 Å². The molecule has 0 saturated heterocycles. The smallest absolute Gasteiger partial charge is 0.178 e. The number of aromatic amines is 1. The van der Waals surface area contributed by atoms with Crippen molar-refractivity contribution in [2.24, 2.45) is 0 Å². The second-order valence-corrected chi connectivity index (χ2v) is 7.01. The van der Waals surface area contributed by atoms with E-state index in [0.717, 1.165) is 34.0 Å². The number of aryl methyl sites for hydroxylation is 2. The molecule has 28 heavy (non-hydrogen) atoms. The van der Waals surface area contributed by atoms with E-state index in [4.69, 9.17) is 0 Å². The zero-order valence-electron chi connectivity index (χ0n) is 16.2. The number of para-hydroxylation sites is 1. The molecule has 0 aliphatic carbocycles. The molecule has 0 bridgehead atoms. The number of nitrogens with zero attached hydrogens (tertiary/aromatic N) is 6. The molecule has 2 aromatic heterocycles. The van der Waals surface area contributed by atoms with Gasteiger partial charge in [0.2, 0.25) is 0 Å². The average Bonchev–Trinajstić information content (AvgIpc) is 3.32. The molecule has 0 aliphatic rings. The van der Waals surface area contributed by atoms with Crippen molar-refractivity contribution in [2.75, 3.05) is 7.05 Å². The number of rotatable bonds is 6. The maximum atomic E-state index is 4.41. The molecule has 1 atom stereocenters. The summed E-state index contributed by atoms with van der Waals surface area (Å²) in [6.45, 7) is 4.74. The summed E-state index contributed by atoms with van der Waals surface area (Å²) >= 11 is 0. The highest BCUT2D eigenvalue weighted by Gasteiger charge is 2.27. The first-order valence-electron chi connectivity index (χ1n) is 9.24. The first-order valence-corrected chi connectivity index (χ1v) is 9.24. The topological polar surface area (TPSA) is 75.5 Å². The largest absolute Gasteiger partial charge is 0.287 e. The Morgan fingerprint density at radius 3 is 2.50 bits per heavy atom. The number of benzene rings is 2. The molecule has 4 aromatic rings. The average molecular weight is 373 g/mol. The van der Waals surface area contributed by atoms with E-state index in [1.54, 1.807) is 0 Å². The minimum atomic E-state index is -0.118. The van der Waals surface area contributed by atoms with Gasteiger partial charge in [0.15, 0.2) is 5.82 Å². The highest BCUT2D eigenvalue weighted by Crippen LogP contribution is 2.29. The number of aromatic nitrogens is 6. The molecule has 0 fully saturated rings. The highest BCUT2D eigenvalue weighted by molar-refractivity contribution is 5.40. The number of hydrogen-bond donors (Lipinski definition) is 1. The van der Waals surface area contributed by atoms with Crippen molar-refractivity contribution >= 4 is 0 Å². The molecule has 2 aromatic carbocycles. The minimum Gasteiger partial charge on any atom is -0.287 e. The zero-order valence-corrected chi connectivity index (χ0v) is 16.2. The first-order chi connectivity index (χ1) is 13.6. The fourth-order valence-corrected chi connectivity index (χ4v) is 3.48. The molecule has 0 amide bonds. The Kier molecular flexibility index (Phi) is 4.99. The van der Waals surface area contributed by atoms with Gasteiger partial charge in [-0.05, 0) is 54.6 Å². The van der Waals surface area contributed by atoms with E-state index >= 15 is 0 Å². The van der Waals surface area contributed by atoms with Crippen molar-refractivity contribution in [1.82, 2.24) is 35.3 Å². The molecule has 142 valence electrons. The summed E-state index contributed by atoms with van der Waals surface area (Å²) in [5.41, 5.74) is 5.25. The van der Waals surface area contributed by atoms with Crippen LogP contribution in [0.2, 0.25) is 0 Å². The van der Waals surface area contributed by atoms with E-state index in [1.165, 1.54) is 0 Å². The number of tetrazole rings is 1. The van der Waals surface area contributed by atoms with Gasteiger partial charge < -0.3 is 0 Å². The Morgan fingerprint density at radius 1 is 1.04 bits per heavy atom. The van der Waals surface area contributed by atoms with Gasteiger partial charge >= 0.3 is 0 Å². The molecule has 0 aliphatic heterocycles. The third kappa shape index (κ3) is 3.57. The van der Waals surface area contributed by atoms with Crippen molar-refractivity contribution < 1.29 is 0 Å². The molecule has 2 heterocycles. The van der Waals surface area contributed by atoms with E-state index < -0.39 is 0 Å². The maximum absolute atomic E-state index is 4.41. The van der Waals surface area contributed by atoms with Crippen LogP contribution in [0.15, 0.2) is 60.7 Å². The van der Waals surface area contributed by atoms with Crippen molar-refractivity contribution in [3.05, 3.63) is 89.0 Å². The Balaban J connectivity index is 1.77. The van der Waals surface area contributed by atoms with Gasteiger partial charge in [-0.3, -0.25) is 10.00 Å². The molecule has 0 spiro atoms. The van der Waals surface area contributed by atoms with E-state index in [-0.39, 0.29) is 6.04 Å². The van der Waals surface area contributed by atoms with Crippen molar-refractivity contribution in [3.8, 4) is 5.69 Å². The van der Waals surface area contributed by atoms with Gasteiger partial charge in [-0.2, -0.15) is 9.78 Å². The third-order valence-corrected chi connectivity index (χ3v) is 4.81. The minimum absolute atomic E-state index is 0.118. The van der Waals surface area contributed by atoms with Crippen molar-refractivity contribution in [3.63, 3.8) is 0 Å². The summed E-state index contributed by atoms with van der Waals surface area (Å²) in [5, 5.41) is 20.1. The van der Waals surface area contributed by atoms with Crippen LogP contribution in [0.3, 0.4) is 0 Å². The number of hydrogen-bond acceptors (Lipinski definition) is 5. The van der Waals surface area contributed by atoms with Crippen molar-refractivity contribution in [1.29, 1.82) is 0 Å². The number of H-pyrrole nitrogens is 1. The van der Waals surface area contributed by atoms with Crippen LogP contribution in [-0.2, 0) is 6.54 Å². The molecule has 0 saturated carbocycles. The quantitative estimate of drug-likeness (QED) is 0.562. The van der Waals surface area contributed by atoms with Crippen LogP contribution in [0.5, 0.6) is 0 Å². The lowest BCUT2D eigenvalue weighted by Gasteiger charge is -2.27. The summed E-state index contributed by atoms with van der Waals surface area (Å²) in [5.74, 6) is 0.773. The summed E-state index contributed by atoms with van der Waals surface area (Å²) < 4.78 is 1.83. The predicted molar refractivity (Wildman–Crippen MR) is 107 cm³/mol. The lowest BCUT2D eigenvalue weighted by Crippen LogP contribution is -2.28. The summed E-state index contributed by atoms with van der Waals surface area (Å²) in [4.78, 5) is 2.21. The Morgan fingerprint density at radius 2 is 1.79 bits per heavy atom. The molecular formula is C21H23N7. The monoisotopic (exact) mass is 373 g/mol. The Bertz CT molecular complexity index is 1050. The molecule has 4 rings (SSSR count).